The number of likely N-dealkylation sites (N-methyl/N-ethyl adjacent to an activating group) is 1. The molecule has 0 heterocycles. The van der Waals surface area contributed by atoms with Crippen molar-refractivity contribution in [1.29, 1.82) is 0 Å². The SMILES string of the molecule is CC(C)CC(NC(=O)N(C)CCO)c1ccc(Cl)cc1. The molecule has 1 aromatic carbocycles. The van der Waals surface area contributed by atoms with Gasteiger partial charge in [0.25, 0.3) is 0 Å². The number of hydrogen-bond donors (Lipinski definition) is 2. The number of carbonyl (C=O) groups is 1. The van der Waals surface area contributed by atoms with Crippen molar-refractivity contribution in [2.45, 2.75) is 26.3 Å². The van der Waals surface area contributed by atoms with Crippen LogP contribution in [0.2, 0.25) is 5.02 Å². The topological polar surface area (TPSA) is 52.6 Å². The molecule has 5 heteroatoms. The van der Waals surface area contributed by atoms with Gasteiger partial charge in [0.05, 0.1) is 12.6 Å². The molecule has 0 saturated carbocycles. The highest BCUT2D eigenvalue weighted by molar-refractivity contribution is 6.30. The lowest BCUT2D eigenvalue weighted by Gasteiger charge is -2.25. The van der Waals surface area contributed by atoms with Crippen molar-refractivity contribution in [2.75, 3.05) is 20.2 Å². The standard InChI is InChI=1S/C15H23ClN2O2/c1-11(2)10-14(12-4-6-13(16)7-5-12)17-15(20)18(3)8-9-19/h4-7,11,14,19H,8-10H2,1-3H3,(H,17,20). The smallest absolute Gasteiger partial charge is 0.317 e. The van der Waals surface area contributed by atoms with Crippen molar-refractivity contribution in [3.63, 3.8) is 0 Å². The number of rotatable bonds is 6. The van der Waals surface area contributed by atoms with Crippen molar-refractivity contribution in [3.05, 3.63) is 34.9 Å². The van der Waals surface area contributed by atoms with Crippen LogP contribution in [-0.4, -0.2) is 36.2 Å². The third-order valence-electron chi connectivity index (χ3n) is 3.06. The lowest BCUT2D eigenvalue weighted by atomic mass is 9.97. The molecule has 0 aromatic heterocycles. The molecule has 0 aliphatic carbocycles. The van der Waals surface area contributed by atoms with Gasteiger partial charge in [-0.3, -0.25) is 0 Å². The van der Waals surface area contributed by atoms with Crippen LogP contribution in [0.4, 0.5) is 4.79 Å². The zero-order valence-corrected chi connectivity index (χ0v) is 13.0. The first-order valence-electron chi connectivity index (χ1n) is 6.82. The molecular weight excluding hydrogens is 276 g/mol. The van der Waals surface area contributed by atoms with Gasteiger partial charge in [-0.2, -0.15) is 0 Å². The molecule has 20 heavy (non-hydrogen) atoms. The van der Waals surface area contributed by atoms with E-state index in [1.54, 1.807) is 7.05 Å². The van der Waals surface area contributed by atoms with Crippen molar-refractivity contribution >= 4 is 17.6 Å². The normalized spacial score (nSPS) is 12.3. The predicted molar refractivity (Wildman–Crippen MR) is 81.9 cm³/mol. The number of benzene rings is 1. The number of aliphatic hydroxyl groups is 1. The van der Waals surface area contributed by atoms with E-state index < -0.39 is 0 Å². The zero-order valence-electron chi connectivity index (χ0n) is 12.3. The van der Waals surface area contributed by atoms with Gasteiger partial charge in [-0.05, 0) is 30.0 Å². The summed E-state index contributed by atoms with van der Waals surface area (Å²) in [4.78, 5) is 13.5. The summed E-state index contributed by atoms with van der Waals surface area (Å²) in [6, 6.07) is 7.28. The molecule has 0 fully saturated rings. The Hall–Kier alpha value is -1.26. The molecule has 0 saturated heterocycles. The van der Waals surface area contributed by atoms with E-state index in [2.05, 4.69) is 19.2 Å². The number of nitrogens with zero attached hydrogens (tertiary/aromatic N) is 1. The number of urea groups is 1. The van der Waals surface area contributed by atoms with Crippen molar-refractivity contribution < 1.29 is 9.90 Å². The van der Waals surface area contributed by atoms with Crippen LogP contribution in [0.5, 0.6) is 0 Å². The summed E-state index contributed by atoms with van der Waals surface area (Å²) in [7, 11) is 1.67. The number of halogens is 1. The Morgan fingerprint density at radius 1 is 1.35 bits per heavy atom. The van der Waals surface area contributed by atoms with E-state index in [9.17, 15) is 4.79 Å². The first-order valence-corrected chi connectivity index (χ1v) is 7.19. The first kappa shape index (κ1) is 16.8. The van der Waals surface area contributed by atoms with Crippen molar-refractivity contribution in [3.8, 4) is 0 Å². The van der Waals surface area contributed by atoms with Crippen LogP contribution in [0.25, 0.3) is 0 Å². The minimum atomic E-state index is -0.181. The minimum absolute atomic E-state index is 0.0420. The number of amides is 2. The van der Waals surface area contributed by atoms with Gasteiger partial charge in [0.2, 0.25) is 0 Å². The van der Waals surface area contributed by atoms with Crippen LogP contribution in [0.15, 0.2) is 24.3 Å². The molecule has 1 atom stereocenters. The van der Waals surface area contributed by atoms with E-state index in [-0.39, 0.29) is 18.7 Å². The third kappa shape index (κ3) is 5.39. The molecule has 2 N–H and O–H groups in total. The lowest BCUT2D eigenvalue weighted by molar-refractivity contribution is 0.185. The summed E-state index contributed by atoms with van der Waals surface area (Å²) in [5.41, 5.74) is 1.04. The van der Waals surface area contributed by atoms with E-state index >= 15 is 0 Å². The van der Waals surface area contributed by atoms with Crippen LogP contribution in [0, 0.1) is 5.92 Å². The monoisotopic (exact) mass is 298 g/mol. The molecule has 4 nitrogen and oxygen atoms in total. The maximum atomic E-state index is 12.0. The Kier molecular flexibility index (Phi) is 6.82. The fourth-order valence-electron chi connectivity index (χ4n) is 1.96. The summed E-state index contributed by atoms with van der Waals surface area (Å²) >= 11 is 5.90. The predicted octanol–water partition coefficient (Wildman–Crippen LogP) is 3.06. The molecule has 0 radical (unpaired) electrons. The first-order chi connectivity index (χ1) is 9.43. The molecular formula is C15H23ClN2O2. The van der Waals surface area contributed by atoms with E-state index in [0.717, 1.165) is 12.0 Å². The summed E-state index contributed by atoms with van der Waals surface area (Å²) in [6.07, 6.45) is 0.848. The number of nitrogens with one attached hydrogen (secondary N) is 1. The molecule has 0 aliphatic rings. The Bertz CT molecular complexity index is 420. The summed E-state index contributed by atoms with van der Waals surface area (Å²) in [5, 5.41) is 12.6. The second-order valence-electron chi connectivity index (χ2n) is 5.33. The lowest BCUT2D eigenvalue weighted by Crippen LogP contribution is -2.41. The molecule has 1 rings (SSSR count). The van der Waals surface area contributed by atoms with E-state index in [4.69, 9.17) is 16.7 Å². The maximum Gasteiger partial charge on any atom is 0.317 e. The minimum Gasteiger partial charge on any atom is -0.395 e. The van der Waals surface area contributed by atoms with Crippen LogP contribution in [0.3, 0.4) is 0 Å². The summed E-state index contributed by atoms with van der Waals surface area (Å²) < 4.78 is 0. The van der Waals surface area contributed by atoms with Crippen LogP contribution in [-0.2, 0) is 0 Å². The molecule has 112 valence electrons. The largest absolute Gasteiger partial charge is 0.395 e. The molecule has 1 unspecified atom stereocenters. The molecule has 0 bridgehead atoms. The van der Waals surface area contributed by atoms with Crippen LogP contribution >= 0.6 is 11.6 Å². The van der Waals surface area contributed by atoms with Crippen molar-refractivity contribution in [2.24, 2.45) is 5.92 Å². The Labute approximate surface area is 125 Å². The van der Waals surface area contributed by atoms with E-state index in [1.807, 2.05) is 24.3 Å². The zero-order chi connectivity index (χ0) is 15.1. The number of aliphatic hydroxyl groups excluding tert-OH is 1. The maximum absolute atomic E-state index is 12.0. The number of hydrogen-bond acceptors (Lipinski definition) is 2. The molecule has 2 amide bonds. The molecule has 1 aromatic rings. The van der Waals surface area contributed by atoms with Gasteiger partial charge in [0, 0.05) is 18.6 Å². The van der Waals surface area contributed by atoms with Gasteiger partial charge < -0.3 is 15.3 Å². The van der Waals surface area contributed by atoms with E-state index in [0.29, 0.717) is 17.5 Å². The summed E-state index contributed by atoms with van der Waals surface area (Å²) in [5.74, 6) is 0.458. The molecule has 0 spiro atoms. The van der Waals surface area contributed by atoms with Gasteiger partial charge >= 0.3 is 6.03 Å². The average molecular weight is 299 g/mol. The molecule has 0 aliphatic heterocycles. The highest BCUT2D eigenvalue weighted by atomic mass is 35.5. The fraction of sp³-hybridized carbons (Fsp3) is 0.533. The second-order valence-corrected chi connectivity index (χ2v) is 5.76. The average Bonchev–Trinajstić information content (AvgIpc) is 2.38. The van der Waals surface area contributed by atoms with Gasteiger partial charge in [0.15, 0.2) is 0 Å². The Morgan fingerprint density at radius 2 is 1.95 bits per heavy atom. The third-order valence-corrected chi connectivity index (χ3v) is 3.31. The van der Waals surface area contributed by atoms with Gasteiger partial charge in [-0.25, -0.2) is 4.79 Å². The highest BCUT2D eigenvalue weighted by Gasteiger charge is 2.18. The van der Waals surface area contributed by atoms with Gasteiger partial charge in [-0.1, -0.05) is 37.6 Å². The quantitative estimate of drug-likeness (QED) is 0.848. The number of carbonyl (C=O) groups excluding carboxylic acids is 1. The Morgan fingerprint density at radius 3 is 2.45 bits per heavy atom. The van der Waals surface area contributed by atoms with Crippen LogP contribution in [0.1, 0.15) is 31.9 Å². The van der Waals surface area contributed by atoms with Crippen LogP contribution < -0.4 is 5.32 Å². The fourth-order valence-corrected chi connectivity index (χ4v) is 2.08. The second kappa shape index (κ2) is 8.12. The Balaban J connectivity index is 2.79. The van der Waals surface area contributed by atoms with E-state index in [1.165, 1.54) is 4.90 Å². The summed E-state index contributed by atoms with van der Waals surface area (Å²) in [6.45, 7) is 4.51. The van der Waals surface area contributed by atoms with Gasteiger partial charge in [-0.15, -0.1) is 0 Å². The van der Waals surface area contributed by atoms with Crippen molar-refractivity contribution in [1.82, 2.24) is 10.2 Å². The highest BCUT2D eigenvalue weighted by Crippen LogP contribution is 2.23. The van der Waals surface area contributed by atoms with Gasteiger partial charge in [0.1, 0.15) is 0 Å².